The first kappa shape index (κ1) is 16.0. The number of hydrogen-bond acceptors (Lipinski definition) is 3. The topological polar surface area (TPSA) is 72.2 Å². The second-order valence-corrected chi connectivity index (χ2v) is 6.41. The zero-order valence-corrected chi connectivity index (χ0v) is 11.7. The highest BCUT2D eigenvalue weighted by molar-refractivity contribution is 7.89. The van der Waals surface area contributed by atoms with Crippen molar-refractivity contribution < 1.29 is 17.2 Å². The minimum absolute atomic E-state index is 0.0638. The van der Waals surface area contributed by atoms with Crippen LogP contribution in [0.1, 0.15) is 25.8 Å². The van der Waals surface area contributed by atoms with Crippen LogP contribution in [0.2, 0.25) is 0 Å². The van der Waals surface area contributed by atoms with Crippen molar-refractivity contribution in [2.45, 2.75) is 31.7 Å². The van der Waals surface area contributed by atoms with Gasteiger partial charge in [-0.05, 0) is 30.0 Å². The molecule has 0 aromatic heterocycles. The standard InChI is InChI=1S/C12H18F2N2O2S/c1-8(2)3-4-16-19(17,18)11-6-9(7-15)5-10(13)12(11)14/h5-6,8,16H,3-4,7,15H2,1-2H3. The minimum Gasteiger partial charge on any atom is -0.326 e. The highest BCUT2D eigenvalue weighted by atomic mass is 32.2. The molecule has 0 fully saturated rings. The Balaban J connectivity index is 3.03. The van der Waals surface area contributed by atoms with Gasteiger partial charge in [0.15, 0.2) is 11.6 Å². The van der Waals surface area contributed by atoms with E-state index in [1.807, 2.05) is 13.8 Å². The Morgan fingerprint density at radius 3 is 2.47 bits per heavy atom. The maximum Gasteiger partial charge on any atom is 0.243 e. The van der Waals surface area contributed by atoms with Gasteiger partial charge in [-0.25, -0.2) is 21.9 Å². The molecule has 0 aliphatic rings. The number of nitrogens with two attached hydrogens (primary N) is 1. The largest absolute Gasteiger partial charge is 0.326 e. The van der Waals surface area contributed by atoms with Gasteiger partial charge in [0.05, 0.1) is 0 Å². The predicted octanol–water partition coefficient (Wildman–Crippen LogP) is 1.75. The zero-order chi connectivity index (χ0) is 14.6. The van der Waals surface area contributed by atoms with Crippen LogP contribution in [0, 0.1) is 17.6 Å². The third-order valence-electron chi connectivity index (χ3n) is 2.59. The Kier molecular flexibility index (Phi) is 5.39. The van der Waals surface area contributed by atoms with Crippen LogP contribution in [0.25, 0.3) is 0 Å². The molecule has 0 unspecified atom stereocenters. The van der Waals surface area contributed by atoms with Gasteiger partial charge >= 0.3 is 0 Å². The first-order valence-corrected chi connectivity index (χ1v) is 7.44. The van der Waals surface area contributed by atoms with E-state index in [1.165, 1.54) is 0 Å². The second kappa shape index (κ2) is 6.40. The van der Waals surface area contributed by atoms with Gasteiger partial charge in [-0.1, -0.05) is 13.8 Å². The number of hydrogen-bond donors (Lipinski definition) is 2. The molecule has 0 saturated carbocycles. The molecule has 0 aliphatic heterocycles. The van der Waals surface area contributed by atoms with E-state index in [9.17, 15) is 17.2 Å². The summed E-state index contributed by atoms with van der Waals surface area (Å²) < 4.78 is 52.9. The summed E-state index contributed by atoms with van der Waals surface area (Å²) in [5.74, 6) is -2.29. The van der Waals surface area contributed by atoms with Crippen LogP contribution in [0.15, 0.2) is 17.0 Å². The molecule has 1 aromatic carbocycles. The lowest BCUT2D eigenvalue weighted by molar-refractivity contribution is 0.480. The monoisotopic (exact) mass is 292 g/mol. The fourth-order valence-electron chi connectivity index (χ4n) is 1.49. The van der Waals surface area contributed by atoms with Gasteiger partial charge in [0, 0.05) is 13.1 Å². The summed E-state index contributed by atoms with van der Waals surface area (Å²) in [6.45, 7) is 3.98. The van der Waals surface area contributed by atoms with Gasteiger partial charge in [0.1, 0.15) is 4.90 Å². The maximum absolute atomic E-state index is 13.6. The van der Waals surface area contributed by atoms with E-state index in [0.717, 1.165) is 12.1 Å². The van der Waals surface area contributed by atoms with E-state index in [-0.39, 0.29) is 18.7 Å². The third kappa shape index (κ3) is 4.22. The summed E-state index contributed by atoms with van der Waals surface area (Å²) in [6, 6.07) is 1.94. The summed E-state index contributed by atoms with van der Waals surface area (Å²) >= 11 is 0. The zero-order valence-electron chi connectivity index (χ0n) is 10.9. The summed E-state index contributed by atoms with van der Waals surface area (Å²) in [7, 11) is -4.06. The Morgan fingerprint density at radius 2 is 1.95 bits per heavy atom. The molecule has 1 rings (SSSR count). The lowest BCUT2D eigenvalue weighted by atomic mass is 10.1. The molecule has 4 nitrogen and oxygen atoms in total. The molecule has 19 heavy (non-hydrogen) atoms. The Labute approximate surface area is 112 Å². The number of nitrogens with one attached hydrogen (secondary N) is 1. The van der Waals surface area contributed by atoms with E-state index >= 15 is 0 Å². The summed E-state index contributed by atoms with van der Waals surface area (Å²) in [5.41, 5.74) is 5.54. The number of halogens is 2. The molecule has 0 atom stereocenters. The molecule has 0 bridgehead atoms. The molecule has 108 valence electrons. The minimum atomic E-state index is -4.06. The first-order chi connectivity index (χ1) is 8.77. The van der Waals surface area contributed by atoms with E-state index in [4.69, 9.17) is 5.73 Å². The summed E-state index contributed by atoms with van der Waals surface area (Å²) in [4.78, 5) is -0.697. The van der Waals surface area contributed by atoms with Gasteiger partial charge in [-0.15, -0.1) is 0 Å². The average Bonchev–Trinajstić information content (AvgIpc) is 2.31. The number of benzene rings is 1. The van der Waals surface area contributed by atoms with Gasteiger partial charge < -0.3 is 5.73 Å². The fourth-order valence-corrected chi connectivity index (χ4v) is 2.67. The van der Waals surface area contributed by atoms with Crippen molar-refractivity contribution in [3.05, 3.63) is 29.3 Å². The molecule has 0 radical (unpaired) electrons. The van der Waals surface area contributed by atoms with E-state index in [1.54, 1.807) is 0 Å². The van der Waals surface area contributed by atoms with Gasteiger partial charge in [0.2, 0.25) is 10.0 Å². The van der Waals surface area contributed by atoms with Gasteiger partial charge in [-0.3, -0.25) is 0 Å². The van der Waals surface area contributed by atoms with Crippen LogP contribution in [0.5, 0.6) is 0 Å². The summed E-state index contributed by atoms with van der Waals surface area (Å²) in [6.07, 6.45) is 0.611. The molecule has 7 heteroatoms. The highest BCUT2D eigenvalue weighted by Crippen LogP contribution is 2.19. The predicted molar refractivity (Wildman–Crippen MR) is 68.9 cm³/mol. The molecule has 0 saturated heterocycles. The molecule has 0 spiro atoms. The lowest BCUT2D eigenvalue weighted by Crippen LogP contribution is -2.27. The van der Waals surface area contributed by atoms with E-state index < -0.39 is 26.6 Å². The van der Waals surface area contributed by atoms with E-state index in [0.29, 0.717) is 12.3 Å². The smallest absolute Gasteiger partial charge is 0.243 e. The number of sulfonamides is 1. The molecule has 0 amide bonds. The van der Waals surface area contributed by atoms with E-state index in [2.05, 4.69) is 4.72 Å². The molecule has 0 aliphatic carbocycles. The molecule has 0 heterocycles. The summed E-state index contributed by atoms with van der Waals surface area (Å²) in [5, 5.41) is 0. The van der Waals surface area contributed by atoms with Crippen LogP contribution < -0.4 is 10.5 Å². The van der Waals surface area contributed by atoms with Gasteiger partial charge in [0.25, 0.3) is 0 Å². The maximum atomic E-state index is 13.6. The molecular formula is C12H18F2N2O2S. The van der Waals surface area contributed by atoms with Crippen molar-refractivity contribution in [2.24, 2.45) is 11.7 Å². The molecule has 1 aromatic rings. The van der Waals surface area contributed by atoms with Crippen LogP contribution in [-0.2, 0) is 16.6 Å². The Bertz CT molecular complexity index is 545. The lowest BCUT2D eigenvalue weighted by Gasteiger charge is -2.10. The van der Waals surface area contributed by atoms with Crippen LogP contribution in [0.3, 0.4) is 0 Å². The average molecular weight is 292 g/mol. The molecular weight excluding hydrogens is 274 g/mol. The van der Waals surface area contributed by atoms with Crippen molar-refractivity contribution in [3.63, 3.8) is 0 Å². The Morgan fingerprint density at radius 1 is 1.32 bits per heavy atom. The van der Waals surface area contributed by atoms with Crippen LogP contribution in [0.4, 0.5) is 8.78 Å². The fraction of sp³-hybridized carbons (Fsp3) is 0.500. The third-order valence-corrected chi connectivity index (χ3v) is 4.05. The number of rotatable bonds is 6. The van der Waals surface area contributed by atoms with Crippen molar-refractivity contribution >= 4 is 10.0 Å². The van der Waals surface area contributed by atoms with Crippen LogP contribution in [-0.4, -0.2) is 15.0 Å². The first-order valence-electron chi connectivity index (χ1n) is 5.95. The Hall–Kier alpha value is -1.05. The molecule has 3 N–H and O–H groups in total. The SMILES string of the molecule is CC(C)CCNS(=O)(=O)c1cc(CN)cc(F)c1F. The highest BCUT2D eigenvalue weighted by Gasteiger charge is 2.22. The van der Waals surface area contributed by atoms with Crippen molar-refractivity contribution in [3.8, 4) is 0 Å². The van der Waals surface area contributed by atoms with Crippen molar-refractivity contribution in [1.82, 2.24) is 4.72 Å². The normalized spacial score (nSPS) is 12.1. The second-order valence-electron chi connectivity index (χ2n) is 4.67. The van der Waals surface area contributed by atoms with Crippen molar-refractivity contribution in [2.75, 3.05) is 6.54 Å². The quantitative estimate of drug-likeness (QED) is 0.839. The van der Waals surface area contributed by atoms with Crippen molar-refractivity contribution in [1.29, 1.82) is 0 Å². The van der Waals surface area contributed by atoms with Gasteiger partial charge in [-0.2, -0.15) is 0 Å². The van der Waals surface area contributed by atoms with Crippen LogP contribution >= 0.6 is 0 Å².